The Hall–Kier alpha value is -3.85. The second kappa shape index (κ2) is 9.18. The van der Waals surface area contributed by atoms with E-state index in [0.717, 1.165) is 40.4 Å². The van der Waals surface area contributed by atoms with E-state index in [1.54, 1.807) is 12.3 Å². The molecule has 5 rings (SSSR count). The minimum absolute atomic E-state index is 0.0301. The highest BCUT2D eigenvalue weighted by Crippen LogP contribution is 2.33. The van der Waals surface area contributed by atoms with Crippen LogP contribution in [0.2, 0.25) is 0 Å². The Morgan fingerprint density at radius 1 is 1.09 bits per heavy atom. The minimum Gasteiger partial charge on any atom is -0.310 e. The van der Waals surface area contributed by atoms with Gasteiger partial charge >= 0.3 is 0 Å². The molecule has 0 saturated heterocycles. The van der Waals surface area contributed by atoms with Crippen molar-refractivity contribution in [2.75, 3.05) is 0 Å². The summed E-state index contributed by atoms with van der Waals surface area (Å²) in [5.41, 5.74) is 3.05. The summed E-state index contributed by atoms with van der Waals surface area (Å²) >= 11 is 1.42. The maximum Gasteiger partial charge on any atom is 0.261 e. The number of nitrogens with zero attached hydrogens (tertiary/aromatic N) is 4. The van der Waals surface area contributed by atoms with Crippen molar-refractivity contribution in [3.63, 3.8) is 0 Å². The number of allylic oxidation sites excluding steroid dienone is 1. The number of rotatable bonds is 7. The molecule has 0 radical (unpaired) electrons. The molecule has 0 bridgehead atoms. The van der Waals surface area contributed by atoms with Crippen molar-refractivity contribution >= 4 is 22.7 Å². The summed E-state index contributed by atoms with van der Waals surface area (Å²) in [6, 6.07) is 10.4. The quantitative estimate of drug-likeness (QED) is 0.373. The lowest BCUT2D eigenvalue weighted by Gasteiger charge is -2.08. The van der Waals surface area contributed by atoms with Gasteiger partial charge in [-0.2, -0.15) is 0 Å². The van der Waals surface area contributed by atoms with Gasteiger partial charge in [0.15, 0.2) is 17.4 Å². The summed E-state index contributed by atoms with van der Waals surface area (Å²) in [4.78, 5) is 30.0. The summed E-state index contributed by atoms with van der Waals surface area (Å²) in [6.07, 6.45) is 6.58. The molecular formula is C25H18F2N4O2S. The molecule has 1 aliphatic carbocycles. The average molecular weight is 477 g/mol. The number of hydrogen-bond acceptors (Lipinski definition) is 6. The monoisotopic (exact) mass is 476 g/mol. The topological polar surface area (TPSA) is 77.7 Å². The fourth-order valence-corrected chi connectivity index (χ4v) is 4.78. The van der Waals surface area contributed by atoms with Crippen molar-refractivity contribution in [3.8, 4) is 0 Å². The van der Waals surface area contributed by atoms with Gasteiger partial charge in [0.25, 0.3) is 5.56 Å². The van der Waals surface area contributed by atoms with Gasteiger partial charge in [-0.05, 0) is 35.9 Å². The number of aryl methyl sites for hydroxylation is 1. The van der Waals surface area contributed by atoms with Crippen LogP contribution in [-0.2, 0) is 19.4 Å². The van der Waals surface area contributed by atoms with Gasteiger partial charge in [-0.25, -0.2) is 8.78 Å². The molecule has 170 valence electrons. The molecule has 1 aliphatic rings. The number of carbonyl (C=O) groups excluding carboxylic acids is 1. The zero-order valence-electron chi connectivity index (χ0n) is 17.9. The van der Waals surface area contributed by atoms with E-state index >= 15 is 0 Å². The first-order valence-corrected chi connectivity index (χ1v) is 11.4. The molecule has 0 N–H and O–H groups in total. The van der Waals surface area contributed by atoms with Crippen molar-refractivity contribution in [1.29, 1.82) is 0 Å². The molecule has 0 spiro atoms. The van der Waals surface area contributed by atoms with Gasteiger partial charge in [0, 0.05) is 42.8 Å². The fraction of sp³-hybridized carbons (Fsp3) is 0.160. The minimum atomic E-state index is -0.984. The van der Waals surface area contributed by atoms with E-state index in [9.17, 15) is 18.4 Å². The number of pyridine rings is 2. The highest BCUT2D eigenvalue weighted by atomic mass is 32.1. The first kappa shape index (κ1) is 22.0. The highest BCUT2D eigenvalue weighted by molar-refractivity contribution is 7.12. The van der Waals surface area contributed by atoms with Crippen LogP contribution in [0.5, 0.6) is 0 Å². The van der Waals surface area contributed by atoms with Gasteiger partial charge < -0.3 is 4.57 Å². The number of aromatic nitrogens is 4. The lowest BCUT2D eigenvalue weighted by atomic mass is 10.1. The van der Waals surface area contributed by atoms with Gasteiger partial charge in [0.05, 0.1) is 17.8 Å². The zero-order chi connectivity index (χ0) is 23.7. The van der Waals surface area contributed by atoms with E-state index in [4.69, 9.17) is 0 Å². The normalized spacial score (nSPS) is 12.5. The van der Waals surface area contributed by atoms with E-state index in [2.05, 4.69) is 21.3 Å². The van der Waals surface area contributed by atoms with E-state index in [1.807, 2.05) is 12.1 Å². The number of Topliss-reactive ketones (excluding diaryl/α,β-unsaturated/α-hetero) is 1. The molecule has 3 aromatic heterocycles. The maximum atomic E-state index is 13.5. The molecule has 1 aromatic carbocycles. The summed E-state index contributed by atoms with van der Waals surface area (Å²) in [5.74, 6) is -2.25. The number of halogens is 2. The van der Waals surface area contributed by atoms with Gasteiger partial charge in [-0.1, -0.05) is 29.5 Å². The van der Waals surface area contributed by atoms with Crippen LogP contribution in [0, 0.1) is 11.6 Å². The molecule has 0 unspecified atom stereocenters. The summed E-state index contributed by atoms with van der Waals surface area (Å²) in [5, 5.41) is 9.98. The van der Waals surface area contributed by atoms with Crippen molar-refractivity contribution in [3.05, 3.63) is 115 Å². The second-order valence-electron chi connectivity index (χ2n) is 7.85. The van der Waals surface area contributed by atoms with Crippen LogP contribution in [0.4, 0.5) is 8.78 Å². The summed E-state index contributed by atoms with van der Waals surface area (Å²) < 4.78 is 28.0. The smallest absolute Gasteiger partial charge is 0.261 e. The lowest BCUT2D eigenvalue weighted by Crippen LogP contribution is -2.26. The third-order valence-electron chi connectivity index (χ3n) is 5.60. The third kappa shape index (κ3) is 4.34. The maximum absolute atomic E-state index is 13.5. The second-order valence-corrected chi connectivity index (χ2v) is 8.91. The Bertz CT molecular complexity index is 1490. The fourth-order valence-electron chi connectivity index (χ4n) is 3.88. The summed E-state index contributed by atoms with van der Waals surface area (Å²) in [7, 11) is 0. The zero-order valence-corrected chi connectivity index (χ0v) is 18.7. The van der Waals surface area contributed by atoms with Crippen LogP contribution in [0.15, 0.2) is 65.7 Å². The van der Waals surface area contributed by atoms with Crippen molar-refractivity contribution in [1.82, 2.24) is 19.7 Å². The van der Waals surface area contributed by atoms with Gasteiger partial charge in [0.1, 0.15) is 10.0 Å². The van der Waals surface area contributed by atoms with Crippen LogP contribution in [0.25, 0.3) is 5.57 Å². The number of fused-ring (bicyclic) bond motifs is 1. The molecule has 9 heteroatoms. The highest BCUT2D eigenvalue weighted by Gasteiger charge is 2.20. The largest absolute Gasteiger partial charge is 0.310 e. The van der Waals surface area contributed by atoms with E-state index in [0.29, 0.717) is 17.0 Å². The predicted octanol–water partition coefficient (Wildman–Crippen LogP) is 4.22. The molecular weight excluding hydrogens is 458 g/mol. The van der Waals surface area contributed by atoms with Crippen LogP contribution >= 0.6 is 11.3 Å². The van der Waals surface area contributed by atoms with Crippen molar-refractivity contribution in [2.45, 2.75) is 25.8 Å². The molecule has 3 heterocycles. The molecule has 0 saturated carbocycles. The Morgan fingerprint density at radius 3 is 2.82 bits per heavy atom. The lowest BCUT2D eigenvalue weighted by molar-refractivity contribution is 0.0980. The Balaban J connectivity index is 1.27. The van der Waals surface area contributed by atoms with Crippen LogP contribution in [0.1, 0.15) is 43.6 Å². The van der Waals surface area contributed by atoms with E-state index < -0.39 is 17.2 Å². The number of ketones is 1. The number of hydrogen-bond donors (Lipinski definition) is 0. The van der Waals surface area contributed by atoms with E-state index in [-0.39, 0.29) is 24.3 Å². The Morgan fingerprint density at radius 2 is 1.97 bits per heavy atom. The molecule has 34 heavy (non-hydrogen) atoms. The van der Waals surface area contributed by atoms with Crippen LogP contribution < -0.4 is 5.56 Å². The number of benzene rings is 1. The standard InChI is InChI=1S/C25H18F2N4O2S/c26-19-7-5-15(13-20(19)27)14-31-12-2-4-18(25(31)33)22(32)9-10-23-29-30-24(34-23)17-6-8-21-16(17)3-1-11-28-21/h1-7,11-13H,8-10,14H2. The van der Waals surface area contributed by atoms with Crippen LogP contribution in [-0.4, -0.2) is 25.5 Å². The first-order chi connectivity index (χ1) is 16.5. The molecule has 0 fully saturated rings. The van der Waals surface area contributed by atoms with Gasteiger partial charge in [-0.15, -0.1) is 10.2 Å². The van der Waals surface area contributed by atoms with Gasteiger partial charge in [-0.3, -0.25) is 14.6 Å². The summed E-state index contributed by atoms with van der Waals surface area (Å²) in [6.45, 7) is 0.0301. The average Bonchev–Trinajstić information content (AvgIpc) is 3.48. The first-order valence-electron chi connectivity index (χ1n) is 10.6. The molecule has 0 amide bonds. The Kier molecular flexibility index (Phi) is 5.93. The number of carbonyl (C=O) groups is 1. The predicted molar refractivity (Wildman–Crippen MR) is 124 cm³/mol. The molecule has 0 atom stereocenters. The molecule has 4 aromatic rings. The van der Waals surface area contributed by atoms with Gasteiger partial charge in [0.2, 0.25) is 0 Å². The third-order valence-corrected chi connectivity index (χ3v) is 6.62. The van der Waals surface area contributed by atoms with Crippen molar-refractivity contribution in [2.24, 2.45) is 0 Å². The SMILES string of the molecule is O=C(CCc1nnc(C2=CCc3ncccc32)s1)c1cccn(Cc2ccc(F)c(F)c2)c1=O. The van der Waals surface area contributed by atoms with Crippen molar-refractivity contribution < 1.29 is 13.6 Å². The Labute approximate surface area is 197 Å². The molecule has 6 nitrogen and oxygen atoms in total. The van der Waals surface area contributed by atoms with Crippen LogP contribution in [0.3, 0.4) is 0 Å². The molecule has 0 aliphatic heterocycles. The van der Waals surface area contributed by atoms with E-state index in [1.165, 1.54) is 34.2 Å².